The Morgan fingerprint density at radius 2 is 1.64 bits per heavy atom. The average Bonchev–Trinajstić information content (AvgIpc) is 3.25. The van der Waals surface area contributed by atoms with Crippen LogP contribution in [0.2, 0.25) is 0 Å². The summed E-state index contributed by atoms with van der Waals surface area (Å²) in [7, 11) is 1.60. The molecule has 0 aliphatic rings. The first-order valence-corrected chi connectivity index (χ1v) is 8.80. The lowest BCUT2D eigenvalue weighted by Gasteiger charge is -2.09. The van der Waals surface area contributed by atoms with Crippen molar-refractivity contribution in [1.82, 2.24) is 4.98 Å². The number of methoxy groups -OCH3 is 1. The smallest absolute Gasteiger partial charge is 0.256 e. The predicted molar refractivity (Wildman–Crippen MR) is 108 cm³/mol. The normalized spacial score (nSPS) is 10.5. The van der Waals surface area contributed by atoms with Crippen LogP contribution in [0.1, 0.15) is 10.4 Å². The monoisotopic (exact) mass is 370 g/mol. The first kappa shape index (κ1) is 17.5. The van der Waals surface area contributed by atoms with Gasteiger partial charge in [0, 0.05) is 16.8 Å². The zero-order chi connectivity index (χ0) is 19.3. The van der Waals surface area contributed by atoms with E-state index in [1.165, 1.54) is 0 Å². The molecule has 0 radical (unpaired) electrons. The highest BCUT2D eigenvalue weighted by molar-refractivity contribution is 6.08. The molecule has 1 aromatic heterocycles. The quantitative estimate of drug-likeness (QED) is 0.520. The zero-order valence-electron chi connectivity index (χ0n) is 15.3. The molecule has 0 saturated carbocycles. The lowest BCUT2D eigenvalue weighted by molar-refractivity contribution is 0.102. The van der Waals surface area contributed by atoms with E-state index in [2.05, 4.69) is 10.3 Å². The molecule has 0 aliphatic carbocycles. The van der Waals surface area contributed by atoms with E-state index in [4.69, 9.17) is 9.15 Å². The first-order chi connectivity index (χ1) is 13.7. The molecule has 4 aromatic rings. The van der Waals surface area contributed by atoms with Crippen molar-refractivity contribution in [2.45, 2.75) is 0 Å². The molecular weight excluding hydrogens is 352 g/mol. The van der Waals surface area contributed by atoms with Crippen LogP contribution in [0.25, 0.3) is 22.8 Å². The summed E-state index contributed by atoms with van der Waals surface area (Å²) in [5, 5.41) is 2.89. The highest BCUT2D eigenvalue weighted by Gasteiger charge is 2.17. The Bertz CT molecular complexity index is 1090. The summed E-state index contributed by atoms with van der Waals surface area (Å²) in [4.78, 5) is 17.2. The molecule has 5 heteroatoms. The Kier molecular flexibility index (Phi) is 4.89. The van der Waals surface area contributed by atoms with Crippen molar-refractivity contribution in [3.63, 3.8) is 0 Å². The number of carbonyl (C=O) groups is 1. The molecule has 1 amide bonds. The van der Waals surface area contributed by atoms with Gasteiger partial charge in [-0.2, -0.15) is 0 Å². The highest BCUT2D eigenvalue weighted by Crippen LogP contribution is 2.28. The predicted octanol–water partition coefficient (Wildman–Crippen LogP) is 5.27. The number of oxazole rings is 1. The van der Waals surface area contributed by atoms with Gasteiger partial charge in [-0.15, -0.1) is 0 Å². The number of hydrogen-bond donors (Lipinski definition) is 1. The van der Waals surface area contributed by atoms with Crippen LogP contribution in [0, 0.1) is 0 Å². The number of amides is 1. The molecule has 5 nitrogen and oxygen atoms in total. The summed E-state index contributed by atoms with van der Waals surface area (Å²) in [6.45, 7) is 0. The fraction of sp³-hybridized carbons (Fsp3) is 0.0435. The maximum atomic E-state index is 12.8. The summed E-state index contributed by atoms with van der Waals surface area (Å²) in [5.41, 5.74) is 2.73. The molecule has 0 unspecified atom stereocenters. The third-order valence-corrected chi connectivity index (χ3v) is 4.31. The average molecular weight is 370 g/mol. The largest absolute Gasteiger partial charge is 0.497 e. The van der Waals surface area contributed by atoms with Crippen molar-refractivity contribution in [2.24, 2.45) is 0 Å². The van der Waals surface area contributed by atoms with Crippen molar-refractivity contribution in [1.29, 1.82) is 0 Å². The van der Waals surface area contributed by atoms with Crippen LogP contribution in [-0.2, 0) is 0 Å². The Hall–Kier alpha value is -3.86. The van der Waals surface area contributed by atoms with Crippen molar-refractivity contribution in [3.8, 4) is 28.5 Å². The molecule has 0 bridgehead atoms. The molecule has 0 saturated heterocycles. The number of anilines is 1. The third kappa shape index (κ3) is 3.64. The highest BCUT2D eigenvalue weighted by atomic mass is 16.5. The van der Waals surface area contributed by atoms with E-state index < -0.39 is 0 Å². The second kappa shape index (κ2) is 7.80. The van der Waals surface area contributed by atoms with Crippen LogP contribution in [0.3, 0.4) is 0 Å². The van der Waals surface area contributed by atoms with E-state index in [9.17, 15) is 4.79 Å². The van der Waals surface area contributed by atoms with Crippen molar-refractivity contribution in [2.75, 3.05) is 12.4 Å². The second-order valence-electron chi connectivity index (χ2n) is 6.12. The molecule has 4 rings (SSSR count). The third-order valence-electron chi connectivity index (χ3n) is 4.31. The summed E-state index contributed by atoms with van der Waals surface area (Å²) in [5.74, 6) is 1.55. The Labute approximate surface area is 162 Å². The molecule has 28 heavy (non-hydrogen) atoms. The van der Waals surface area contributed by atoms with Crippen molar-refractivity contribution in [3.05, 3.63) is 90.6 Å². The molecule has 3 aromatic carbocycles. The number of carbonyl (C=O) groups excluding carboxylic acids is 1. The molecule has 1 heterocycles. The van der Waals surface area contributed by atoms with Gasteiger partial charge in [-0.1, -0.05) is 42.5 Å². The van der Waals surface area contributed by atoms with Gasteiger partial charge < -0.3 is 14.5 Å². The van der Waals surface area contributed by atoms with Crippen LogP contribution >= 0.6 is 0 Å². The topological polar surface area (TPSA) is 64.4 Å². The number of aromatic nitrogens is 1. The number of benzene rings is 3. The SMILES string of the molecule is COc1ccc(NC(=O)c2ccccc2-c2ncc(-c3ccccc3)o2)cc1. The van der Waals surface area contributed by atoms with E-state index in [1.54, 1.807) is 43.6 Å². The minimum atomic E-state index is -0.236. The summed E-state index contributed by atoms with van der Waals surface area (Å²) in [6.07, 6.45) is 1.67. The minimum Gasteiger partial charge on any atom is -0.497 e. The molecule has 0 aliphatic heterocycles. The second-order valence-corrected chi connectivity index (χ2v) is 6.12. The van der Waals surface area contributed by atoms with Crippen LogP contribution in [0.5, 0.6) is 5.75 Å². The number of ether oxygens (including phenoxy) is 1. The lowest BCUT2D eigenvalue weighted by atomic mass is 10.1. The van der Waals surface area contributed by atoms with Gasteiger partial charge in [0.05, 0.1) is 18.9 Å². The van der Waals surface area contributed by atoms with E-state index in [-0.39, 0.29) is 5.91 Å². The summed E-state index contributed by atoms with van der Waals surface area (Å²) < 4.78 is 11.1. The van der Waals surface area contributed by atoms with Crippen molar-refractivity contribution >= 4 is 11.6 Å². The van der Waals surface area contributed by atoms with Gasteiger partial charge in [0.1, 0.15) is 5.75 Å². The van der Waals surface area contributed by atoms with Crippen LogP contribution in [-0.4, -0.2) is 18.0 Å². The summed E-state index contributed by atoms with van der Waals surface area (Å²) >= 11 is 0. The van der Waals surface area contributed by atoms with Gasteiger partial charge in [-0.05, 0) is 36.4 Å². The van der Waals surface area contributed by atoms with Crippen LogP contribution < -0.4 is 10.1 Å². The standard InChI is InChI=1S/C23H18N2O3/c1-27-18-13-11-17(12-14-18)25-22(26)19-9-5-6-10-20(19)23-24-15-21(28-23)16-7-3-2-4-8-16/h2-15H,1H3,(H,25,26). The molecule has 0 fully saturated rings. The van der Waals surface area contributed by atoms with Gasteiger partial charge in [0.2, 0.25) is 5.89 Å². The van der Waals surface area contributed by atoms with Gasteiger partial charge in [0.15, 0.2) is 5.76 Å². The van der Waals surface area contributed by atoms with Gasteiger partial charge in [0.25, 0.3) is 5.91 Å². The van der Waals surface area contributed by atoms with Gasteiger partial charge in [-0.3, -0.25) is 4.79 Å². The van der Waals surface area contributed by atoms with Gasteiger partial charge in [-0.25, -0.2) is 4.98 Å². The fourth-order valence-electron chi connectivity index (χ4n) is 2.87. The Morgan fingerprint density at radius 1 is 0.929 bits per heavy atom. The van der Waals surface area contributed by atoms with Crippen LogP contribution in [0.4, 0.5) is 5.69 Å². The minimum absolute atomic E-state index is 0.236. The van der Waals surface area contributed by atoms with E-state index in [0.29, 0.717) is 28.5 Å². The van der Waals surface area contributed by atoms with Crippen LogP contribution in [0.15, 0.2) is 89.5 Å². The maximum Gasteiger partial charge on any atom is 0.256 e. The number of rotatable bonds is 5. The Morgan fingerprint density at radius 3 is 2.39 bits per heavy atom. The van der Waals surface area contributed by atoms with E-state index in [1.807, 2.05) is 48.5 Å². The van der Waals surface area contributed by atoms with Gasteiger partial charge >= 0.3 is 0 Å². The first-order valence-electron chi connectivity index (χ1n) is 8.80. The van der Waals surface area contributed by atoms with E-state index in [0.717, 1.165) is 11.3 Å². The van der Waals surface area contributed by atoms with E-state index >= 15 is 0 Å². The maximum absolute atomic E-state index is 12.8. The lowest BCUT2D eigenvalue weighted by Crippen LogP contribution is -2.13. The fourth-order valence-corrected chi connectivity index (χ4v) is 2.87. The molecular formula is C23H18N2O3. The summed E-state index contributed by atoms with van der Waals surface area (Å²) in [6, 6.07) is 24.1. The molecule has 0 atom stereocenters. The van der Waals surface area contributed by atoms with Crippen molar-refractivity contribution < 1.29 is 13.9 Å². The zero-order valence-corrected chi connectivity index (χ0v) is 15.3. The molecule has 1 N–H and O–H groups in total. The number of hydrogen-bond acceptors (Lipinski definition) is 4. The number of nitrogens with one attached hydrogen (secondary N) is 1. The molecule has 138 valence electrons. The number of nitrogens with zero attached hydrogens (tertiary/aromatic N) is 1. The Balaban J connectivity index is 1.61. The molecule has 0 spiro atoms.